The minimum atomic E-state index is -0.816. The van der Waals surface area contributed by atoms with Crippen LogP contribution in [0.15, 0.2) is 30.3 Å². The molecule has 2 amide bonds. The monoisotopic (exact) mass is 398 g/mol. The van der Waals surface area contributed by atoms with Crippen LogP contribution in [-0.2, 0) is 9.59 Å². The van der Waals surface area contributed by atoms with Gasteiger partial charge in [-0.15, -0.1) is 0 Å². The molecule has 1 aliphatic rings. The quantitative estimate of drug-likeness (QED) is 0.830. The molecule has 3 rings (SSSR count). The Bertz CT molecular complexity index is 911. The smallest absolute Gasteiger partial charge is 0.306 e. The van der Waals surface area contributed by atoms with Gasteiger partial charge in [0.05, 0.1) is 18.2 Å². The molecule has 0 spiro atoms. The summed E-state index contributed by atoms with van der Waals surface area (Å²) in [6, 6.07) is 9.56. The summed E-state index contributed by atoms with van der Waals surface area (Å²) in [6.07, 6.45) is 0.887. The number of rotatable bonds is 5. The van der Waals surface area contributed by atoms with Crippen molar-refractivity contribution in [3.63, 3.8) is 0 Å². The lowest BCUT2D eigenvalue weighted by molar-refractivity contribution is -0.145. The molecule has 0 atom stereocenters. The van der Waals surface area contributed by atoms with Crippen LogP contribution in [0.4, 0.5) is 0 Å². The maximum absolute atomic E-state index is 12.8. The number of carbonyl (C=O) groups is 3. The number of likely N-dealkylation sites (tertiary alicyclic amines) is 1. The van der Waals surface area contributed by atoms with Crippen LogP contribution in [0.25, 0.3) is 5.69 Å². The Labute approximate surface area is 169 Å². The first kappa shape index (κ1) is 20.6. The zero-order valence-corrected chi connectivity index (χ0v) is 17.0. The molecule has 0 radical (unpaired) electrons. The van der Waals surface area contributed by atoms with Crippen molar-refractivity contribution >= 4 is 17.8 Å². The van der Waals surface area contributed by atoms with Gasteiger partial charge < -0.3 is 14.9 Å². The first-order chi connectivity index (χ1) is 13.8. The highest BCUT2D eigenvalue weighted by molar-refractivity contribution is 5.95. The van der Waals surface area contributed by atoms with Crippen LogP contribution in [0.5, 0.6) is 0 Å². The first-order valence-electron chi connectivity index (χ1n) is 9.66. The molecule has 2 aromatic rings. The molecule has 1 aliphatic heterocycles. The SMILES string of the molecule is Cc1ccc(-n2nc(C(=O)N(C)CC(=O)N3CCC(C(=O)O)CC3)cc2C)cc1. The van der Waals surface area contributed by atoms with E-state index in [0.717, 1.165) is 16.9 Å². The lowest BCUT2D eigenvalue weighted by Crippen LogP contribution is -2.45. The van der Waals surface area contributed by atoms with Crippen LogP contribution >= 0.6 is 0 Å². The molecule has 1 saturated heterocycles. The van der Waals surface area contributed by atoms with Crippen LogP contribution in [0, 0.1) is 19.8 Å². The third-order valence-electron chi connectivity index (χ3n) is 5.30. The van der Waals surface area contributed by atoms with E-state index in [1.54, 1.807) is 22.7 Å². The van der Waals surface area contributed by atoms with Crippen molar-refractivity contribution in [2.45, 2.75) is 26.7 Å². The van der Waals surface area contributed by atoms with Gasteiger partial charge in [-0.25, -0.2) is 4.68 Å². The molecular formula is C21H26N4O4. The number of amides is 2. The Balaban J connectivity index is 1.63. The molecule has 0 bridgehead atoms. The number of hydrogen-bond donors (Lipinski definition) is 1. The summed E-state index contributed by atoms with van der Waals surface area (Å²) in [4.78, 5) is 39.3. The third-order valence-corrected chi connectivity index (χ3v) is 5.30. The second-order valence-electron chi connectivity index (χ2n) is 7.57. The van der Waals surface area contributed by atoms with Crippen LogP contribution < -0.4 is 0 Å². The normalized spacial score (nSPS) is 14.7. The highest BCUT2D eigenvalue weighted by Gasteiger charge is 2.28. The summed E-state index contributed by atoms with van der Waals surface area (Å²) in [5.74, 6) is -1.72. The average molecular weight is 398 g/mol. The van der Waals surface area contributed by atoms with Crippen LogP contribution in [0.3, 0.4) is 0 Å². The minimum Gasteiger partial charge on any atom is -0.481 e. The fourth-order valence-corrected chi connectivity index (χ4v) is 3.47. The van der Waals surface area contributed by atoms with Crippen LogP contribution in [0.1, 0.15) is 34.6 Å². The number of aryl methyl sites for hydroxylation is 2. The molecule has 8 heteroatoms. The number of carboxylic acids is 1. The van der Waals surface area contributed by atoms with Crippen molar-refractivity contribution in [1.82, 2.24) is 19.6 Å². The van der Waals surface area contributed by atoms with Gasteiger partial charge in [-0.2, -0.15) is 5.10 Å². The molecular weight excluding hydrogens is 372 g/mol. The number of aromatic nitrogens is 2. The van der Waals surface area contributed by atoms with Gasteiger partial charge in [0.2, 0.25) is 5.91 Å². The number of piperidine rings is 1. The molecule has 0 saturated carbocycles. The van der Waals surface area contributed by atoms with Crippen molar-refractivity contribution in [1.29, 1.82) is 0 Å². The van der Waals surface area contributed by atoms with Crippen molar-refractivity contribution in [3.05, 3.63) is 47.3 Å². The summed E-state index contributed by atoms with van der Waals surface area (Å²) in [5.41, 5.74) is 3.11. The third kappa shape index (κ3) is 4.64. The fourth-order valence-electron chi connectivity index (χ4n) is 3.47. The number of carbonyl (C=O) groups excluding carboxylic acids is 2. The van der Waals surface area contributed by atoms with Gasteiger partial charge >= 0.3 is 5.97 Å². The van der Waals surface area contributed by atoms with E-state index >= 15 is 0 Å². The zero-order valence-electron chi connectivity index (χ0n) is 17.0. The van der Waals surface area contributed by atoms with Crippen molar-refractivity contribution in [3.8, 4) is 5.69 Å². The predicted molar refractivity (Wildman–Crippen MR) is 107 cm³/mol. The number of benzene rings is 1. The largest absolute Gasteiger partial charge is 0.481 e. The fraction of sp³-hybridized carbons (Fsp3) is 0.429. The Morgan fingerprint density at radius 1 is 1.14 bits per heavy atom. The van der Waals surface area contributed by atoms with E-state index in [1.165, 1.54) is 4.90 Å². The second-order valence-corrected chi connectivity index (χ2v) is 7.57. The average Bonchev–Trinajstić information content (AvgIpc) is 3.09. The number of likely N-dealkylation sites (N-methyl/N-ethyl adjacent to an activating group) is 1. The van der Waals surface area contributed by atoms with E-state index in [4.69, 9.17) is 5.11 Å². The molecule has 1 aromatic heterocycles. The molecule has 1 N–H and O–H groups in total. The molecule has 0 unspecified atom stereocenters. The predicted octanol–water partition coefficient (Wildman–Crippen LogP) is 1.88. The van der Waals surface area contributed by atoms with Crippen molar-refractivity contribution < 1.29 is 19.5 Å². The Hall–Kier alpha value is -3.16. The van der Waals surface area contributed by atoms with Crippen LogP contribution in [-0.4, -0.2) is 69.2 Å². The standard InChI is InChI=1S/C21H26N4O4/c1-14-4-6-17(7-5-14)25-15(2)12-18(22-25)20(27)23(3)13-19(26)24-10-8-16(9-11-24)21(28)29/h4-7,12,16H,8-11,13H2,1-3H3,(H,28,29). The molecule has 8 nitrogen and oxygen atoms in total. The van der Waals surface area contributed by atoms with Gasteiger partial charge in [-0.1, -0.05) is 17.7 Å². The van der Waals surface area contributed by atoms with E-state index in [1.807, 2.05) is 38.1 Å². The number of nitrogens with zero attached hydrogens (tertiary/aromatic N) is 4. The number of carboxylic acid groups (broad SMARTS) is 1. The second kappa shape index (κ2) is 8.46. The van der Waals surface area contributed by atoms with Crippen LogP contribution in [0.2, 0.25) is 0 Å². The lowest BCUT2D eigenvalue weighted by atomic mass is 9.97. The van der Waals surface area contributed by atoms with Gasteiger partial charge in [-0.05, 0) is 44.9 Å². The summed E-state index contributed by atoms with van der Waals surface area (Å²) in [5, 5.41) is 13.5. The Kier molecular flexibility index (Phi) is 6.00. The summed E-state index contributed by atoms with van der Waals surface area (Å²) in [6.45, 7) is 4.62. The van der Waals surface area contributed by atoms with E-state index in [9.17, 15) is 14.4 Å². The lowest BCUT2D eigenvalue weighted by Gasteiger charge is -2.31. The van der Waals surface area contributed by atoms with E-state index in [0.29, 0.717) is 25.9 Å². The van der Waals surface area contributed by atoms with E-state index < -0.39 is 11.9 Å². The minimum absolute atomic E-state index is 0.0625. The van der Waals surface area contributed by atoms with Gasteiger partial charge in [0, 0.05) is 25.8 Å². The topological polar surface area (TPSA) is 95.7 Å². The van der Waals surface area contributed by atoms with E-state index in [2.05, 4.69) is 5.10 Å². The zero-order chi connectivity index (χ0) is 21.1. The molecule has 2 heterocycles. The van der Waals surface area contributed by atoms with Gasteiger partial charge in [0.25, 0.3) is 5.91 Å². The molecule has 29 heavy (non-hydrogen) atoms. The maximum Gasteiger partial charge on any atom is 0.306 e. The molecule has 154 valence electrons. The summed E-state index contributed by atoms with van der Waals surface area (Å²) < 4.78 is 1.71. The van der Waals surface area contributed by atoms with Crippen molar-refractivity contribution in [2.24, 2.45) is 5.92 Å². The number of hydrogen-bond acceptors (Lipinski definition) is 4. The first-order valence-corrected chi connectivity index (χ1v) is 9.66. The molecule has 1 aromatic carbocycles. The highest BCUT2D eigenvalue weighted by atomic mass is 16.4. The van der Waals surface area contributed by atoms with E-state index in [-0.39, 0.29) is 24.1 Å². The maximum atomic E-state index is 12.8. The van der Waals surface area contributed by atoms with Gasteiger partial charge in [0.15, 0.2) is 5.69 Å². The van der Waals surface area contributed by atoms with Gasteiger partial charge in [0.1, 0.15) is 0 Å². The van der Waals surface area contributed by atoms with Crippen molar-refractivity contribution in [2.75, 3.05) is 26.7 Å². The molecule has 1 fully saturated rings. The molecule has 0 aliphatic carbocycles. The Morgan fingerprint density at radius 2 is 1.76 bits per heavy atom. The number of aliphatic carboxylic acids is 1. The van der Waals surface area contributed by atoms with Gasteiger partial charge in [-0.3, -0.25) is 14.4 Å². The Morgan fingerprint density at radius 3 is 2.34 bits per heavy atom. The summed E-state index contributed by atoms with van der Waals surface area (Å²) in [7, 11) is 1.57. The highest BCUT2D eigenvalue weighted by Crippen LogP contribution is 2.18. The summed E-state index contributed by atoms with van der Waals surface area (Å²) >= 11 is 0.